The number of H-pyrrole nitrogens is 2. The number of benzene rings is 3. The van der Waals surface area contributed by atoms with Gasteiger partial charge in [0.15, 0.2) is 0 Å². The molecule has 0 aliphatic rings. The van der Waals surface area contributed by atoms with E-state index in [1.165, 1.54) is 0 Å². The highest BCUT2D eigenvalue weighted by Crippen LogP contribution is 2.39. The van der Waals surface area contributed by atoms with Gasteiger partial charge in [-0.2, -0.15) is 0 Å². The fraction of sp³-hybridized carbons (Fsp3) is 0. The molecule has 0 fully saturated rings. The third-order valence-electron chi connectivity index (χ3n) is 4.24. The van der Waals surface area contributed by atoms with Crippen LogP contribution in [0.15, 0.2) is 54.6 Å². The van der Waals surface area contributed by atoms with E-state index in [4.69, 9.17) is 0 Å². The first-order valence-electron chi connectivity index (χ1n) is 6.96. The first-order valence-corrected chi connectivity index (χ1v) is 6.96. The molecule has 100 valence electrons. The van der Waals surface area contributed by atoms with Gasteiger partial charge in [0.05, 0.1) is 16.4 Å². The number of phenols is 1. The second-order valence-corrected chi connectivity index (χ2v) is 5.41. The highest BCUT2D eigenvalue weighted by atomic mass is 16.3. The van der Waals surface area contributed by atoms with Crippen molar-refractivity contribution in [1.29, 1.82) is 0 Å². The summed E-state index contributed by atoms with van der Waals surface area (Å²) >= 11 is 0. The zero-order valence-electron chi connectivity index (χ0n) is 11.1. The largest absolute Gasteiger partial charge is 0.507 e. The quantitative estimate of drug-likeness (QED) is 0.377. The molecule has 0 bridgehead atoms. The van der Waals surface area contributed by atoms with Gasteiger partial charge in [0.1, 0.15) is 5.75 Å². The number of nitrogens with one attached hydrogen (secondary N) is 2. The van der Waals surface area contributed by atoms with Crippen molar-refractivity contribution in [3.05, 3.63) is 54.6 Å². The van der Waals surface area contributed by atoms with Crippen LogP contribution < -0.4 is 0 Å². The Labute approximate surface area is 119 Å². The van der Waals surface area contributed by atoms with E-state index >= 15 is 0 Å². The maximum absolute atomic E-state index is 10.5. The zero-order chi connectivity index (χ0) is 14.0. The van der Waals surface area contributed by atoms with E-state index in [-0.39, 0.29) is 0 Å². The summed E-state index contributed by atoms with van der Waals surface area (Å²) in [5.41, 5.74) is 4.12. The average molecular weight is 272 g/mol. The van der Waals surface area contributed by atoms with Gasteiger partial charge < -0.3 is 15.1 Å². The van der Waals surface area contributed by atoms with Crippen molar-refractivity contribution in [2.24, 2.45) is 0 Å². The van der Waals surface area contributed by atoms with Crippen molar-refractivity contribution in [3.63, 3.8) is 0 Å². The molecule has 0 aliphatic heterocycles. The minimum atomic E-state index is 0.319. The molecule has 5 rings (SSSR count). The van der Waals surface area contributed by atoms with E-state index in [1.807, 2.05) is 42.5 Å². The van der Waals surface area contributed by atoms with Gasteiger partial charge in [0.2, 0.25) is 0 Å². The van der Waals surface area contributed by atoms with Crippen LogP contribution in [-0.4, -0.2) is 15.1 Å². The first kappa shape index (κ1) is 10.8. The van der Waals surface area contributed by atoms with Crippen LogP contribution in [0.25, 0.3) is 43.6 Å². The predicted molar refractivity (Wildman–Crippen MR) is 86.8 cm³/mol. The lowest BCUT2D eigenvalue weighted by Crippen LogP contribution is -1.74. The molecule has 2 heterocycles. The number of hydrogen-bond acceptors (Lipinski definition) is 1. The molecule has 3 N–H and O–H groups in total. The maximum Gasteiger partial charge on any atom is 0.126 e. The normalized spacial score (nSPS) is 12.0. The number of hydrogen-bond donors (Lipinski definition) is 3. The van der Waals surface area contributed by atoms with Gasteiger partial charge in [-0.15, -0.1) is 0 Å². The molecular formula is C18H12N2O. The molecule has 3 heteroatoms. The molecule has 0 saturated carbocycles. The highest BCUT2D eigenvalue weighted by Gasteiger charge is 2.15. The van der Waals surface area contributed by atoms with E-state index in [2.05, 4.69) is 22.1 Å². The van der Waals surface area contributed by atoms with Crippen LogP contribution in [0, 0.1) is 0 Å². The minimum Gasteiger partial charge on any atom is -0.507 e. The average Bonchev–Trinajstić information content (AvgIpc) is 3.06. The Morgan fingerprint density at radius 2 is 1.29 bits per heavy atom. The summed E-state index contributed by atoms with van der Waals surface area (Å²) in [7, 11) is 0. The Morgan fingerprint density at radius 3 is 2.10 bits per heavy atom. The number of fused-ring (bicyclic) bond motifs is 7. The zero-order valence-corrected chi connectivity index (χ0v) is 11.1. The van der Waals surface area contributed by atoms with Crippen molar-refractivity contribution in [1.82, 2.24) is 9.97 Å². The van der Waals surface area contributed by atoms with E-state index in [0.29, 0.717) is 5.75 Å². The SMILES string of the molecule is Oc1cc2c3ccccc3[nH]c2c2[nH]c3ccccc3c12. The molecule has 3 nitrogen and oxygen atoms in total. The second-order valence-electron chi connectivity index (χ2n) is 5.41. The fourth-order valence-corrected chi connectivity index (χ4v) is 3.32. The lowest BCUT2D eigenvalue weighted by molar-refractivity contribution is 0.483. The van der Waals surface area contributed by atoms with Crippen molar-refractivity contribution < 1.29 is 5.11 Å². The molecule has 0 atom stereocenters. The summed E-state index contributed by atoms with van der Waals surface area (Å²) in [6, 6.07) is 18.1. The highest BCUT2D eigenvalue weighted by molar-refractivity contribution is 6.23. The van der Waals surface area contributed by atoms with Crippen LogP contribution in [0.1, 0.15) is 0 Å². The first-order chi connectivity index (χ1) is 10.3. The van der Waals surface area contributed by atoms with E-state index in [1.54, 1.807) is 0 Å². The lowest BCUT2D eigenvalue weighted by Gasteiger charge is -1.98. The monoisotopic (exact) mass is 272 g/mol. The van der Waals surface area contributed by atoms with Crippen LogP contribution in [-0.2, 0) is 0 Å². The summed E-state index contributed by atoms with van der Waals surface area (Å²) in [4.78, 5) is 6.90. The number of aromatic nitrogens is 2. The standard InChI is InChI=1S/C18H12N2O/c21-15-9-12-10-5-1-3-7-13(10)19-17(12)18-16(15)11-6-2-4-8-14(11)20-18/h1-9,19-21H. The molecule has 0 unspecified atom stereocenters. The Kier molecular flexibility index (Phi) is 1.84. The lowest BCUT2D eigenvalue weighted by atomic mass is 10.1. The third-order valence-corrected chi connectivity index (χ3v) is 4.24. The Balaban J connectivity index is 2.14. The number of rotatable bonds is 0. The van der Waals surface area contributed by atoms with Gasteiger partial charge in [0.25, 0.3) is 0 Å². The Hall–Kier alpha value is -2.94. The molecule has 2 aromatic heterocycles. The van der Waals surface area contributed by atoms with Gasteiger partial charge in [-0.1, -0.05) is 36.4 Å². The van der Waals surface area contributed by atoms with E-state index in [0.717, 1.165) is 43.6 Å². The van der Waals surface area contributed by atoms with Gasteiger partial charge >= 0.3 is 0 Å². The van der Waals surface area contributed by atoms with Crippen molar-refractivity contribution >= 4 is 43.6 Å². The number of para-hydroxylation sites is 2. The second kappa shape index (κ2) is 3.58. The third kappa shape index (κ3) is 1.28. The molecule has 3 aromatic carbocycles. The molecule has 5 aromatic rings. The van der Waals surface area contributed by atoms with Crippen molar-refractivity contribution in [3.8, 4) is 5.75 Å². The van der Waals surface area contributed by atoms with Gasteiger partial charge in [-0.25, -0.2) is 0 Å². The summed E-state index contributed by atoms with van der Waals surface area (Å²) in [6.07, 6.45) is 0. The summed E-state index contributed by atoms with van der Waals surface area (Å²) in [5, 5.41) is 14.6. The van der Waals surface area contributed by atoms with Crippen LogP contribution in [0.4, 0.5) is 0 Å². The smallest absolute Gasteiger partial charge is 0.126 e. The summed E-state index contributed by atoms with van der Waals surface area (Å²) in [5.74, 6) is 0.319. The van der Waals surface area contributed by atoms with Crippen LogP contribution >= 0.6 is 0 Å². The van der Waals surface area contributed by atoms with Crippen molar-refractivity contribution in [2.45, 2.75) is 0 Å². The Bertz CT molecular complexity index is 1150. The van der Waals surface area contributed by atoms with E-state index in [9.17, 15) is 5.11 Å². The molecule has 0 amide bonds. The molecular weight excluding hydrogens is 260 g/mol. The van der Waals surface area contributed by atoms with E-state index < -0.39 is 0 Å². The fourth-order valence-electron chi connectivity index (χ4n) is 3.32. The molecule has 0 aliphatic carbocycles. The number of phenolic OH excluding ortho intramolecular Hbond substituents is 1. The molecule has 21 heavy (non-hydrogen) atoms. The molecule has 0 saturated heterocycles. The van der Waals surface area contributed by atoms with Crippen LogP contribution in [0.2, 0.25) is 0 Å². The summed E-state index contributed by atoms with van der Waals surface area (Å²) < 4.78 is 0. The predicted octanol–water partition coefficient (Wildman–Crippen LogP) is 4.66. The number of aromatic amines is 2. The summed E-state index contributed by atoms with van der Waals surface area (Å²) in [6.45, 7) is 0. The topological polar surface area (TPSA) is 51.8 Å². The molecule has 0 radical (unpaired) electrons. The van der Waals surface area contributed by atoms with Crippen LogP contribution in [0.3, 0.4) is 0 Å². The van der Waals surface area contributed by atoms with Gasteiger partial charge in [0, 0.05) is 27.2 Å². The molecule has 0 spiro atoms. The van der Waals surface area contributed by atoms with Gasteiger partial charge in [-0.3, -0.25) is 0 Å². The van der Waals surface area contributed by atoms with Crippen molar-refractivity contribution in [2.75, 3.05) is 0 Å². The van der Waals surface area contributed by atoms with Crippen LogP contribution in [0.5, 0.6) is 5.75 Å². The van der Waals surface area contributed by atoms with Gasteiger partial charge in [-0.05, 0) is 18.2 Å². The maximum atomic E-state index is 10.5. The minimum absolute atomic E-state index is 0.319. The Morgan fingerprint density at radius 1 is 0.667 bits per heavy atom. The number of aromatic hydroxyl groups is 1.